The third kappa shape index (κ3) is 3.24. The number of carboxylic acid groups (broad SMARTS) is 1. The van der Waals surface area contributed by atoms with Crippen molar-refractivity contribution >= 4 is 33.6 Å². The van der Waals surface area contributed by atoms with Crippen molar-refractivity contribution in [3.8, 4) is 10.6 Å². The number of nitrogens with zero attached hydrogens (tertiary/aromatic N) is 2. The predicted molar refractivity (Wildman–Crippen MR) is 111 cm³/mol. The van der Waals surface area contributed by atoms with Crippen LogP contribution in [0.25, 0.3) is 10.6 Å². The number of hydrogen-bond donors (Lipinski definition) is 2. The molecule has 170 valence electrons. The van der Waals surface area contributed by atoms with E-state index in [1.54, 1.807) is 44.2 Å². The SMILES string of the molecule is CC1(C)C(c2ccccc2)C1(C(=O)O)N(c1ccc(-c2cc(C(F)(F)F)on2)s1)S(=O)O. The minimum absolute atomic E-state index is 0.103. The minimum Gasteiger partial charge on any atom is -0.479 e. The molecule has 1 saturated carbocycles. The highest BCUT2D eigenvalue weighted by atomic mass is 32.2. The molecule has 1 fully saturated rings. The summed E-state index contributed by atoms with van der Waals surface area (Å²) < 4.78 is 66.3. The number of aliphatic carboxylic acids is 1. The van der Waals surface area contributed by atoms with Gasteiger partial charge in [0.2, 0.25) is 5.76 Å². The summed E-state index contributed by atoms with van der Waals surface area (Å²) in [6.07, 6.45) is -4.71. The van der Waals surface area contributed by atoms with E-state index in [0.29, 0.717) is 5.56 Å². The second-order valence-electron chi connectivity index (χ2n) is 7.87. The molecule has 2 aromatic heterocycles. The lowest BCUT2D eigenvalue weighted by atomic mass is 10.0. The Morgan fingerprint density at radius 1 is 1.22 bits per heavy atom. The van der Waals surface area contributed by atoms with Gasteiger partial charge in [-0.1, -0.05) is 49.3 Å². The van der Waals surface area contributed by atoms with Gasteiger partial charge in [0.05, 0.1) is 4.88 Å². The van der Waals surface area contributed by atoms with Crippen molar-refractivity contribution in [2.45, 2.75) is 31.5 Å². The molecule has 3 atom stereocenters. The molecule has 2 N–H and O–H groups in total. The normalized spacial score (nSPS) is 23.0. The van der Waals surface area contributed by atoms with Gasteiger partial charge in [-0.05, 0) is 17.7 Å². The van der Waals surface area contributed by atoms with Gasteiger partial charge in [0.15, 0.2) is 5.54 Å². The lowest BCUT2D eigenvalue weighted by Gasteiger charge is -2.28. The van der Waals surface area contributed by atoms with Crippen LogP contribution in [-0.2, 0) is 22.2 Å². The zero-order valence-electron chi connectivity index (χ0n) is 16.7. The second kappa shape index (κ2) is 7.42. The highest BCUT2D eigenvalue weighted by Gasteiger charge is 2.81. The minimum atomic E-state index is -4.71. The first-order valence-corrected chi connectivity index (χ1v) is 11.1. The second-order valence-corrected chi connectivity index (χ2v) is 9.76. The molecule has 1 aliphatic rings. The molecule has 3 unspecified atom stereocenters. The van der Waals surface area contributed by atoms with Crippen molar-refractivity contribution in [3.63, 3.8) is 0 Å². The molecule has 0 aliphatic heterocycles. The third-order valence-electron chi connectivity index (χ3n) is 5.81. The molecule has 4 rings (SSSR count). The molecule has 0 spiro atoms. The molecule has 0 bridgehead atoms. The summed E-state index contributed by atoms with van der Waals surface area (Å²) in [5.74, 6) is -3.17. The monoisotopic (exact) mass is 486 g/mol. The molecule has 3 aromatic rings. The van der Waals surface area contributed by atoms with Crippen LogP contribution in [0.3, 0.4) is 0 Å². The summed E-state index contributed by atoms with van der Waals surface area (Å²) in [4.78, 5) is 12.8. The number of anilines is 1. The number of hydrogen-bond acceptors (Lipinski definition) is 5. The smallest absolute Gasteiger partial charge is 0.452 e. The molecule has 7 nitrogen and oxygen atoms in total. The third-order valence-corrected chi connectivity index (χ3v) is 7.81. The van der Waals surface area contributed by atoms with E-state index >= 15 is 0 Å². The highest BCUT2D eigenvalue weighted by Crippen LogP contribution is 2.71. The van der Waals surface area contributed by atoms with Gasteiger partial charge >= 0.3 is 12.1 Å². The van der Waals surface area contributed by atoms with Crippen LogP contribution in [-0.4, -0.2) is 30.5 Å². The standard InChI is InChI=1S/C20H17F3N2O5S2/c1-18(2)16(11-6-4-3-5-7-11)19(18,17(26)27)25(32(28)29)15-9-8-13(31-15)12-10-14(30-24-12)20(21,22)23/h3-10,16H,1-2H3,(H,26,27)(H,28,29). The number of benzene rings is 1. The average Bonchev–Trinajstić information content (AvgIpc) is 3.16. The van der Waals surface area contributed by atoms with Crippen LogP contribution in [0.5, 0.6) is 0 Å². The number of halogens is 3. The molecule has 0 saturated heterocycles. The summed E-state index contributed by atoms with van der Waals surface area (Å²) in [6.45, 7) is 3.39. The first kappa shape index (κ1) is 22.5. The van der Waals surface area contributed by atoms with E-state index in [9.17, 15) is 31.8 Å². The predicted octanol–water partition coefficient (Wildman–Crippen LogP) is 5.01. The van der Waals surface area contributed by atoms with Crippen molar-refractivity contribution in [2.75, 3.05) is 4.31 Å². The van der Waals surface area contributed by atoms with Crippen LogP contribution in [0.15, 0.2) is 53.1 Å². The maximum Gasteiger partial charge on any atom is 0.452 e. The number of rotatable bonds is 6. The van der Waals surface area contributed by atoms with Crippen LogP contribution in [0.4, 0.5) is 18.2 Å². The van der Waals surface area contributed by atoms with Crippen LogP contribution < -0.4 is 4.31 Å². The Bertz CT molecular complexity index is 1190. The topological polar surface area (TPSA) is 104 Å². The van der Waals surface area contributed by atoms with Crippen molar-refractivity contribution in [3.05, 3.63) is 59.9 Å². The maximum absolute atomic E-state index is 12.8. The van der Waals surface area contributed by atoms with Gasteiger partial charge < -0.3 is 9.63 Å². The molecule has 1 aromatic carbocycles. The number of aromatic nitrogens is 1. The Hall–Kier alpha value is -2.70. The molecule has 12 heteroatoms. The zero-order chi connectivity index (χ0) is 23.5. The quantitative estimate of drug-likeness (QED) is 0.475. The van der Waals surface area contributed by atoms with E-state index in [-0.39, 0.29) is 15.6 Å². The number of carbonyl (C=O) groups is 1. The van der Waals surface area contributed by atoms with E-state index in [4.69, 9.17) is 0 Å². The fourth-order valence-electron chi connectivity index (χ4n) is 4.38. The van der Waals surface area contributed by atoms with Crippen LogP contribution in [0.2, 0.25) is 0 Å². The Morgan fingerprint density at radius 2 is 1.88 bits per heavy atom. The average molecular weight is 486 g/mol. The zero-order valence-corrected chi connectivity index (χ0v) is 18.3. The molecule has 2 heterocycles. The Morgan fingerprint density at radius 3 is 2.41 bits per heavy atom. The molecule has 0 radical (unpaired) electrons. The number of thiophene rings is 1. The molecular weight excluding hydrogens is 469 g/mol. The molecule has 1 aliphatic carbocycles. The van der Waals surface area contributed by atoms with Crippen molar-refractivity contribution in [2.24, 2.45) is 5.41 Å². The van der Waals surface area contributed by atoms with Gasteiger partial charge in [0, 0.05) is 17.4 Å². The maximum atomic E-state index is 12.8. The van der Waals surface area contributed by atoms with Gasteiger partial charge in [-0.3, -0.25) is 4.55 Å². The Labute approximate surface area is 186 Å². The van der Waals surface area contributed by atoms with Crippen molar-refractivity contribution in [1.29, 1.82) is 0 Å². The van der Waals surface area contributed by atoms with Gasteiger partial charge in [-0.25, -0.2) is 13.3 Å². The number of alkyl halides is 3. The van der Waals surface area contributed by atoms with Gasteiger partial charge in [0.25, 0.3) is 11.3 Å². The fraction of sp³-hybridized carbons (Fsp3) is 0.300. The molecule has 0 amide bonds. The highest BCUT2D eigenvalue weighted by molar-refractivity contribution is 7.81. The van der Waals surface area contributed by atoms with Crippen molar-refractivity contribution < 1.29 is 36.4 Å². The first-order chi connectivity index (χ1) is 14.9. The van der Waals surface area contributed by atoms with Gasteiger partial charge in [0.1, 0.15) is 10.7 Å². The number of carboxylic acids is 1. The Balaban J connectivity index is 1.78. The summed E-state index contributed by atoms with van der Waals surface area (Å²) >= 11 is -1.89. The summed E-state index contributed by atoms with van der Waals surface area (Å²) in [5, 5.41) is 13.8. The van der Waals surface area contributed by atoms with E-state index in [1.807, 2.05) is 0 Å². The lowest BCUT2D eigenvalue weighted by molar-refractivity contribution is -0.155. The fourth-order valence-corrected chi connectivity index (χ4v) is 6.49. The Kier molecular flexibility index (Phi) is 5.22. The van der Waals surface area contributed by atoms with Crippen LogP contribution in [0, 0.1) is 5.41 Å². The summed E-state index contributed by atoms with van der Waals surface area (Å²) in [5.41, 5.74) is -2.10. The van der Waals surface area contributed by atoms with Crippen LogP contribution >= 0.6 is 11.3 Å². The van der Waals surface area contributed by atoms with Gasteiger partial charge in [-0.2, -0.15) is 13.2 Å². The largest absolute Gasteiger partial charge is 0.479 e. The van der Waals surface area contributed by atoms with E-state index in [2.05, 4.69) is 9.68 Å². The molecule has 32 heavy (non-hydrogen) atoms. The first-order valence-electron chi connectivity index (χ1n) is 9.26. The lowest BCUT2D eigenvalue weighted by Crippen LogP contribution is -2.48. The van der Waals surface area contributed by atoms with Crippen molar-refractivity contribution in [1.82, 2.24) is 5.16 Å². The van der Waals surface area contributed by atoms with E-state index in [0.717, 1.165) is 21.7 Å². The van der Waals surface area contributed by atoms with E-state index < -0.39 is 46.0 Å². The summed E-state index contributed by atoms with van der Waals surface area (Å²) in [6, 6.07) is 12.3. The van der Waals surface area contributed by atoms with E-state index in [1.165, 1.54) is 12.1 Å². The van der Waals surface area contributed by atoms with Gasteiger partial charge in [-0.15, -0.1) is 11.3 Å². The summed E-state index contributed by atoms with van der Waals surface area (Å²) in [7, 11) is 0. The molecular formula is C20H17F3N2O5S2. The van der Waals surface area contributed by atoms with Crippen LogP contribution in [0.1, 0.15) is 31.1 Å².